The molecule has 72 valence electrons. The van der Waals surface area contributed by atoms with Gasteiger partial charge in [0.25, 0.3) is 0 Å². The minimum Gasteiger partial charge on any atom is -0.356 e. The van der Waals surface area contributed by atoms with Gasteiger partial charge in [0, 0.05) is 13.0 Å². The van der Waals surface area contributed by atoms with E-state index in [-0.39, 0.29) is 5.91 Å². The highest BCUT2D eigenvalue weighted by Gasteiger charge is 1.91. The zero-order valence-corrected chi connectivity index (χ0v) is 8.29. The molecule has 0 unspecified atom stereocenters. The Morgan fingerprint density at radius 2 is 1.92 bits per heavy atom. The number of allylic oxidation sites excluding steroid dienone is 5. The summed E-state index contributed by atoms with van der Waals surface area (Å²) in [6.07, 6.45) is 11.9. The summed E-state index contributed by atoms with van der Waals surface area (Å²) in [6, 6.07) is 0. The Hall–Kier alpha value is -1.31. The first-order valence-electron chi connectivity index (χ1n) is 4.52. The molecule has 0 aromatic heterocycles. The van der Waals surface area contributed by atoms with E-state index in [2.05, 4.69) is 5.32 Å². The van der Waals surface area contributed by atoms with Crippen LogP contribution in [0.5, 0.6) is 0 Å². The van der Waals surface area contributed by atoms with E-state index in [1.807, 2.05) is 50.3 Å². The van der Waals surface area contributed by atoms with Gasteiger partial charge in [-0.05, 0) is 13.8 Å². The first kappa shape index (κ1) is 11.7. The van der Waals surface area contributed by atoms with E-state index in [1.165, 1.54) is 0 Å². The molecular weight excluding hydrogens is 162 g/mol. The fourth-order valence-corrected chi connectivity index (χ4v) is 0.762. The molecule has 0 aromatic rings. The summed E-state index contributed by atoms with van der Waals surface area (Å²) in [5, 5.41) is 2.72. The smallest absolute Gasteiger partial charge is 0.223 e. The van der Waals surface area contributed by atoms with Crippen molar-refractivity contribution in [1.82, 2.24) is 5.32 Å². The van der Waals surface area contributed by atoms with Gasteiger partial charge in [0.15, 0.2) is 0 Å². The molecule has 0 fully saturated rings. The van der Waals surface area contributed by atoms with Crippen LogP contribution in [0.3, 0.4) is 0 Å². The molecule has 0 rings (SSSR count). The maximum Gasteiger partial charge on any atom is 0.223 e. The SMILES string of the molecule is C\C=C/C=C\C=C\CC(=O)NCC. The van der Waals surface area contributed by atoms with Gasteiger partial charge < -0.3 is 5.32 Å². The van der Waals surface area contributed by atoms with Crippen LogP contribution in [-0.2, 0) is 4.79 Å². The van der Waals surface area contributed by atoms with Crippen molar-refractivity contribution in [1.29, 1.82) is 0 Å². The standard InChI is InChI=1S/C11H17NO/c1-3-5-6-7-8-9-10-11(13)12-4-2/h3,5-9H,4,10H2,1-2H3,(H,12,13)/b5-3-,7-6-,9-8+. The van der Waals surface area contributed by atoms with Crippen molar-refractivity contribution in [3.8, 4) is 0 Å². The van der Waals surface area contributed by atoms with Crippen molar-refractivity contribution in [2.24, 2.45) is 0 Å². The largest absolute Gasteiger partial charge is 0.356 e. The molecule has 0 aromatic carbocycles. The van der Waals surface area contributed by atoms with E-state index in [4.69, 9.17) is 0 Å². The van der Waals surface area contributed by atoms with E-state index in [1.54, 1.807) is 0 Å². The van der Waals surface area contributed by atoms with Crippen LogP contribution < -0.4 is 5.32 Å². The van der Waals surface area contributed by atoms with Gasteiger partial charge in [-0.25, -0.2) is 0 Å². The van der Waals surface area contributed by atoms with Crippen molar-refractivity contribution < 1.29 is 4.79 Å². The fourth-order valence-electron chi connectivity index (χ4n) is 0.762. The van der Waals surface area contributed by atoms with Gasteiger partial charge in [0.2, 0.25) is 5.91 Å². The Balaban J connectivity index is 3.57. The molecular formula is C11H17NO. The molecule has 2 nitrogen and oxygen atoms in total. The molecule has 1 N–H and O–H groups in total. The van der Waals surface area contributed by atoms with Gasteiger partial charge in [0.05, 0.1) is 0 Å². The van der Waals surface area contributed by atoms with Crippen molar-refractivity contribution in [2.75, 3.05) is 6.54 Å². The Morgan fingerprint density at radius 1 is 1.23 bits per heavy atom. The number of rotatable bonds is 5. The number of hydrogen-bond acceptors (Lipinski definition) is 1. The van der Waals surface area contributed by atoms with Crippen molar-refractivity contribution >= 4 is 5.91 Å². The predicted molar refractivity (Wildman–Crippen MR) is 56.4 cm³/mol. The van der Waals surface area contributed by atoms with E-state index in [0.717, 1.165) is 0 Å². The van der Waals surface area contributed by atoms with E-state index in [9.17, 15) is 4.79 Å². The Bertz CT molecular complexity index is 214. The summed E-state index contributed by atoms with van der Waals surface area (Å²) >= 11 is 0. The molecule has 1 amide bonds. The van der Waals surface area contributed by atoms with Gasteiger partial charge in [-0.15, -0.1) is 0 Å². The number of hydrogen-bond donors (Lipinski definition) is 1. The topological polar surface area (TPSA) is 29.1 Å². The minimum absolute atomic E-state index is 0.0678. The van der Waals surface area contributed by atoms with Gasteiger partial charge >= 0.3 is 0 Å². The summed E-state index contributed by atoms with van der Waals surface area (Å²) in [5.74, 6) is 0.0678. The molecule has 0 spiro atoms. The number of nitrogens with one attached hydrogen (secondary N) is 1. The third-order valence-corrected chi connectivity index (χ3v) is 1.34. The maximum atomic E-state index is 10.9. The highest BCUT2D eigenvalue weighted by atomic mass is 16.1. The van der Waals surface area contributed by atoms with E-state index < -0.39 is 0 Å². The highest BCUT2D eigenvalue weighted by Crippen LogP contribution is 1.85. The Morgan fingerprint density at radius 3 is 2.54 bits per heavy atom. The Labute approximate surface area is 80.0 Å². The van der Waals surface area contributed by atoms with Crippen LogP contribution >= 0.6 is 0 Å². The van der Waals surface area contributed by atoms with Crippen molar-refractivity contribution in [3.05, 3.63) is 36.5 Å². The predicted octanol–water partition coefficient (Wildman–Crippen LogP) is 2.20. The lowest BCUT2D eigenvalue weighted by Crippen LogP contribution is -2.21. The van der Waals surface area contributed by atoms with Crippen LogP contribution in [0.1, 0.15) is 20.3 Å². The van der Waals surface area contributed by atoms with Gasteiger partial charge in [-0.3, -0.25) is 4.79 Å². The highest BCUT2D eigenvalue weighted by molar-refractivity contribution is 5.77. The van der Waals surface area contributed by atoms with Crippen LogP contribution in [0.25, 0.3) is 0 Å². The minimum atomic E-state index is 0.0678. The van der Waals surface area contributed by atoms with Crippen LogP contribution in [-0.4, -0.2) is 12.5 Å². The maximum absolute atomic E-state index is 10.9. The third-order valence-electron chi connectivity index (χ3n) is 1.34. The van der Waals surface area contributed by atoms with Gasteiger partial charge in [0.1, 0.15) is 0 Å². The van der Waals surface area contributed by atoms with Crippen molar-refractivity contribution in [3.63, 3.8) is 0 Å². The van der Waals surface area contributed by atoms with Gasteiger partial charge in [-0.2, -0.15) is 0 Å². The van der Waals surface area contributed by atoms with E-state index >= 15 is 0 Å². The lowest BCUT2D eigenvalue weighted by molar-refractivity contribution is -0.120. The monoisotopic (exact) mass is 179 g/mol. The number of amides is 1. The third kappa shape index (κ3) is 8.60. The molecule has 0 heterocycles. The second-order valence-corrected chi connectivity index (χ2v) is 2.50. The second-order valence-electron chi connectivity index (χ2n) is 2.50. The molecule has 0 bridgehead atoms. The summed E-state index contributed by atoms with van der Waals surface area (Å²) in [4.78, 5) is 10.9. The summed E-state index contributed by atoms with van der Waals surface area (Å²) in [6.45, 7) is 4.57. The zero-order chi connectivity index (χ0) is 9.94. The van der Waals surface area contributed by atoms with Crippen LogP contribution in [0, 0.1) is 0 Å². The lowest BCUT2D eigenvalue weighted by Gasteiger charge is -1.95. The average molecular weight is 179 g/mol. The normalized spacial score (nSPS) is 11.8. The second kappa shape index (κ2) is 8.78. The first-order chi connectivity index (χ1) is 6.31. The molecule has 0 saturated carbocycles. The molecule has 0 radical (unpaired) electrons. The molecule has 0 saturated heterocycles. The molecule has 0 aliphatic heterocycles. The molecule has 2 heteroatoms. The summed E-state index contributed by atoms with van der Waals surface area (Å²) in [7, 11) is 0. The summed E-state index contributed by atoms with van der Waals surface area (Å²) < 4.78 is 0. The molecule has 0 atom stereocenters. The van der Waals surface area contributed by atoms with Gasteiger partial charge in [-0.1, -0.05) is 36.5 Å². The molecule has 13 heavy (non-hydrogen) atoms. The summed E-state index contributed by atoms with van der Waals surface area (Å²) in [5.41, 5.74) is 0. The Kier molecular flexibility index (Phi) is 7.90. The fraction of sp³-hybridized carbons (Fsp3) is 0.364. The van der Waals surface area contributed by atoms with Crippen LogP contribution in [0.2, 0.25) is 0 Å². The van der Waals surface area contributed by atoms with Crippen molar-refractivity contribution in [2.45, 2.75) is 20.3 Å². The first-order valence-corrected chi connectivity index (χ1v) is 4.52. The van der Waals surface area contributed by atoms with E-state index in [0.29, 0.717) is 13.0 Å². The molecule has 0 aliphatic carbocycles. The lowest BCUT2D eigenvalue weighted by atomic mass is 10.3. The number of carbonyl (C=O) groups excluding carboxylic acids is 1. The molecule has 0 aliphatic rings. The number of carbonyl (C=O) groups is 1. The van der Waals surface area contributed by atoms with Crippen LogP contribution in [0.15, 0.2) is 36.5 Å². The zero-order valence-electron chi connectivity index (χ0n) is 8.29. The quantitative estimate of drug-likeness (QED) is 0.644. The van der Waals surface area contributed by atoms with Crippen LogP contribution in [0.4, 0.5) is 0 Å². The average Bonchev–Trinajstić information content (AvgIpc) is 2.11.